The van der Waals surface area contributed by atoms with Gasteiger partial charge >= 0.3 is 0 Å². The fraction of sp³-hybridized carbons (Fsp3) is 0.750. The lowest BCUT2D eigenvalue weighted by molar-refractivity contribution is 0.471. The van der Waals surface area contributed by atoms with E-state index >= 15 is 0 Å². The standard InChI is InChI=1S/C12H21NOS/c1-11(2,3)9-8-14-10(13-9)6-7-12(4,5)15/h8,15H,6-7H2,1-5H3. The molecule has 0 aliphatic carbocycles. The van der Waals surface area contributed by atoms with E-state index in [2.05, 4.69) is 52.2 Å². The lowest BCUT2D eigenvalue weighted by atomic mass is 9.93. The van der Waals surface area contributed by atoms with Gasteiger partial charge in [-0.05, 0) is 6.42 Å². The van der Waals surface area contributed by atoms with Crippen molar-refractivity contribution in [3.05, 3.63) is 17.8 Å². The van der Waals surface area contributed by atoms with Crippen molar-refractivity contribution >= 4 is 12.6 Å². The topological polar surface area (TPSA) is 26.0 Å². The third-order valence-electron chi connectivity index (χ3n) is 2.27. The summed E-state index contributed by atoms with van der Waals surface area (Å²) >= 11 is 4.48. The maximum Gasteiger partial charge on any atom is 0.194 e. The van der Waals surface area contributed by atoms with Crippen molar-refractivity contribution in [1.29, 1.82) is 0 Å². The molecule has 86 valence electrons. The first-order chi connectivity index (χ1) is 6.68. The molecule has 0 fully saturated rings. The van der Waals surface area contributed by atoms with Gasteiger partial charge in [0.25, 0.3) is 0 Å². The summed E-state index contributed by atoms with van der Waals surface area (Å²) in [5.74, 6) is 0.821. The zero-order valence-electron chi connectivity index (χ0n) is 10.3. The Balaban J connectivity index is 2.62. The molecule has 1 rings (SSSR count). The Hall–Kier alpha value is -0.440. The number of hydrogen-bond acceptors (Lipinski definition) is 3. The van der Waals surface area contributed by atoms with Crippen LogP contribution in [0.2, 0.25) is 0 Å². The zero-order valence-corrected chi connectivity index (χ0v) is 11.2. The summed E-state index contributed by atoms with van der Waals surface area (Å²) in [6, 6.07) is 0. The van der Waals surface area contributed by atoms with Gasteiger partial charge in [0, 0.05) is 16.6 Å². The minimum Gasteiger partial charge on any atom is -0.449 e. The van der Waals surface area contributed by atoms with Gasteiger partial charge < -0.3 is 4.42 Å². The Labute approximate surface area is 97.9 Å². The monoisotopic (exact) mass is 227 g/mol. The summed E-state index contributed by atoms with van der Waals surface area (Å²) in [5, 5.41) is 0. The molecule has 0 amide bonds. The molecule has 0 atom stereocenters. The van der Waals surface area contributed by atoms with Gasteiger partial charge in [-0.1, -0.05) is 34.6 Å². The number of hydrogen-bond donors (Lipinski definition) is 1. The molecule has 0 unspecified atom stereocenters. The van der Waals surface area contributed by atoms with E-state index in [1.165, 1.54) is 0 Å². The van der Waals surface area contributed by atoms with E-state index < -0.39 is 0 Å². The molecule has 0 saturated carbocycles. The molecule has 0 aliphatic rings. The molecule has 2 nitrogen and oxygen atoms in total. The molecule has 0 aliphatic heterocycles. The highest BCUT2D eigenvalue weighted by atomic mass is 32.1. The molecule has 0 bridgehead atoms. The third kappa shape index (κ3) is 4.29. The molecule has 1 heterocycles. The average molecular weight is 227 g/mol. The van der Waals surface area contributed by atoms with Crippen molar-refractivity contribution < 1.29 is 4.42 Å². The maximum absolute atomic E-state index is 5.44. The van der Waals surface area contributed by atoms with Crippen molar-refractivity contribution in [2.45, 2.75) is 57.6 Å². The van der Waals surface area contributed by atoms with Gasteiger partial charge in [0.15, 0.2) is 5.89 Å². The van der Waals surface area contributed by atoms with Crippen LogP contribution in [0.4, 0.5) is 0 Å². The molecular formula is C12H21NOS. The molecule has 1 aromatic rings. The van der Waals surface area contributed by atoms with Crippen LogP contribution in [0.1, 0.15) is 52.6 Å². The van der Waals surface area contributed by atoms with E-state index in [0.717, 1.165) is 24.4 Å². The Bertz CT molecular complexity index is 317. The zero-order chi connectivity index (χ0) is 11.7. The van der Waals surface area contributed by atoms with Gasteiger partial charge in [0.2, 0.25) is 0 Å². The highest BCUT2D eigenvalue weighted by Gasteiger charge is 2.19. The first-order valence-corrected chi connectivity index (χ1v) is 5.80. The Morgan fingerprint density at radius 3 is 2.27 bits per heavy atom. The first-order valence-electron chi connectivity index (χ1n) is 5.36. The van der Waals surface area contributed by atoms with E-state index in [1.807, 2.05) is 0 Å². The van der Waals surface area contributed by atoms with Gasteiger partial charge in [-0.2, -0.15) is 12.6 Å². The van der Waals surface area contributed by atoms with Gasteiger partial charge in [-0.15, -0.1) is 0 Å². The number of rotatable bonds is 3. The number of aromatic nitrogens is 1. The summed E-state index contributed by atoms with van der Waals surface area (Å²) in [5.41, 5.74) is 1.09. The predicted molar refractivity (Wildman–Crippen MR) is 66.6 cm³/mol. The number of oxazole rings is 1. The van der Waals surface area contributed by atoms with Crippen LogP contribution < -0.4 is 0 Å². The van der Waals surface area contributed by atoms with Crippen molar-refractivity contribution in [2.24, 2.45) is 0 Å². The normalized spacial score (nSPS) is 13.2. The fourth-order valence-corrected chi connectivity index (χ4v) is 1.29. The SMILES string of the molecule is CC(C)(S)CCc1nc(C(C)(C)C)co1. The molecule has 0 N–H and O–H groups in total. The van der Waals surface area contributed by atoms with Crippen molar-refractivity contribution in [3.8, 4) is 0 Å². The quantitative estimate of drug-likeness (QED) is 0.798. The van der Waals surface area contributed by atoms with Crippen molar-refractivity contribution in [2.75, 3.05) is 0 Å². The van der Waals surface area contributed by atoms with Crippen LogP contribution in [0.15, 0.2) is 10.7 Å². The minimum atomic E-state index is 0.0381. The summed E-state index contributed by atoms with van der Waals surface area (Å²) in [6.07, 6.45) is 3.59. The third-order valence-corrected chi connectivity index (χ3v) is 2.49. The van der Waals surface area contributed by atoms with Gasteiger partial charge in [-0.25, -0.2) is 4.98 Å². The number of thiol groups is 1. The van der Waals surface area contributed by atoms with E-state index in [1.54, 1.807) is 6.26 Å². The smallest absolute Gasteiger partial charge is 0.194 e. The Morgan fingerprint density at radius 2 is 1.87 bits per heavy atom. The average Bonchev–Trinajstić information content (AvgIpc) is 2.45. The molecule has 3 heteroatoms. The van der Waals surface area contributed by atoms with Crippen LogP contribution >= 0.6 is 12.6 Å². The van der Waals surface area contributed by atoms with Gasteiger partial charge in [0.1, 0.15) is 6.26 Å². The van der Waals surface area contributed by atoms with Crippen LogP contribution in [0, 0.1) is 0 Å². The van der Waals surface area contributed by atoms with E-state index in [4.69, 9.17) is 4.42 Å². The lowest BCUT2D eigenvalue weighted by Gasteiger charge is -2.15. The minimum absolute atomic E-state index is 0.0381. The van der Waals surface area contributed by atoms with Crippen molar-refractivity contribution in [3.63, 3.8) is 0 Å². The summed E-state index contributed by atoms with van der Waals surface area (Å²) in [6.45, 7) is 10.6. The second-order valence-corrected chi connectivity index (χ2v) is 6.90. The van der Waals surface area contributed by atoms with Crippen LogP contribution in [-0.2, 0) is 11.8 Å². The molecule has 0 aromatic carbocycles. The molecule has 15 heavy (non-hydrogen) atoms. The molecule has 0 saturated heterocycles. The van der Waals surface area contributed by atoms with Crippen molar-refractivity contribution in [1.82, 2.24) is 4.98 Å². The molecule has 0 radical (unpaired) electrons. The Morgan fingerprint density at radius 1 is 1.27 bits per heavy atom. The molecule has 0 spiro atoms. The van der Waals surface area contributed by atoms with Crippen LogP contribution in [0.25, 0.3) is 0 Å². The van der Waals surface area contributed by atoms with E-state index in [-0.39, 0.29) is 10.2 Å². The molecule has 1 aromatic heterocycles. The lowest BCUT2D eigenvalue weighted by Crippen LogP contribution is -2.13. The summed E-state index contributed by atoms with van der Waals surface area (Å²) in [7, 11) is 0. The van der Waals surface area contributed by atoms with Crippen LogP contribution in [0.3, 0.4) is 0 Å². The second-order valence-electron chi connectivity index (χ2n) is 5.69. The van der Waals surface area contributed by atoms with E-state index in [0.29, 0.717) is 0 Å². The summed E-state index contributed by atoms with van der Waals surface area (Å²) in [4.78, 5) is 4.48. The predicted octanol–water partition coefficient (Wildman–Crippen LogP) is 3.61. The van der Waals surface area contributed by atoms with Gasteiger partial charge in [-0.3, -0.25) is 0 Å². The maximum atomic E-state index is 5.44. The Kier molecular flexibility index (Phi) is 3.54. The second kappa shape index (κ2) is 4.20. The summed E-state index contributed by atoms with van der Waals surface area (Å²) < 4.78 is 5.48. The highest BCUT2D eigenvalue weighted by Crippen LogP contribution is 2.23. The highest BCUT2D eigenvalue weighted by molar-refractivity contribution is 7.81. The number of aryl methyl sites for hydroxylation is 1. The van der Waals surface area contributed by atoms with E-state index in [9.17, 15) is 0 Å². The fourth-order valence-electron chi connectivity index (χ4n) is 1.18. The number of nitrogens with zero attached hydrogens (tertiary/aromatic N) is 1. The van der Waals surface area contributed by atoms with Crippen LogP contribution in [-0.4, -0.2) is 9.73 Å². The van der Waals surface area contributed by atoms with Crippen LogP contribution in [0.5, 0.6) is 0 Å². The largest absolute Gasteiger partial charge is 0.449 e. The van der Waals surface area contributed by atoms with Gasteiger partial charge in [0.05, 0.1) is 5.69 Å². The first kappa shape index (κ1) is 12.6. The molecular weight excluding hydrogens is 206 g/mol.